The second-order valence-electron chi connectivity index (χ2n) is 10.8. The summed E-state index contributed by atoms with van der Waals surface area (Å²) in [5, 5.41) is 6.67. The van der Waals surface area contributed by atoms with Gasteiger partial charge < -0.3 is 9.47 Å². The van der Waals surface area contributed by atoms with Crippen LogP contribution in [0.4, 0.5) is 0 Å². The van der Waals surface area contributed by atoms with Gasteiger partial charge in [-0.1, -0.05) is 48.0 Å². The second-order valence-corrected chi connectivity index (χ2v) is 10.8. The number of likely N-dealkylation sites (tertiary alicyclic amines) is 1. The molecule has 3 aromatic carbocycles. The highest BCUT2D eigenvalue weighted by atomic mass is 16.5. The van der Waals surface area contributed by atoms with Crippen molar-refractivity contribution in [2.75, 3.05) is 33.9 Å². The first kappa shape index (κ1) is 26.9. The average Bonchev–Trinajstić information content (AvgIpc) is 3.41. The van der Waals surface area contributed by atoms with Crippen molar-refractivity contribution >= 4 is 11.6 Å². The summed E-state index contributed by atoms with van der Waals surface area (Å²) in [6, 6.07) is 22.7. The Kier molecular flexibility index (Phi) is 8.32. The van der Waals surface area contributed by atoms with Gasteiger partial charge in [-0.05, 0) is 81.4 Å². The van der Waals surface area contributed by atoms with Crippen LogP contribution in [0.25, 0.3) is 0 Å². The minimum absolute atomic E-state index is 0.0275. The van der Waals surface area contributed by atoms with Crippen LogP contribution in [0, 0.1) is 19.8 Å². The van der Waals surface area contributed by atoms with Crippen LogP contribution in [0.3, 0.4) is 0 Å². The third-order valence-corrected chi connectivity index (χ3v) is 8.10. The van der Waals surface area contributed by atoms with Crippen LogP contribution < -0.4 is 9.47 Å². The topological polar surface area (TPSA) is 54.4 Å². The number of methoxy groups -OCH3 is 2. The molecule has 2 heterocycles. The number of aryl methyl sites for hydroxylation is 2. The van der Waals surface area contributed by atoms with Gasteiger partial charge in [0.15, 0.2) is 0 Å². The lowest BCUT2D eigenvalue weighted by Crippen LogP contribution is -2.42. The van der Waals surface area contributed by atoms with Crippen molar-refractivity contribution in [3.05, 3.63) is 94.5 Å². The minimum atomic E-state index is -0.233. The highest BCUT2D eigenvalue weighted by Gasteiger charge is 2.36. The quantitative estimate of drug-likeness (QED) is 0.365. The standard InChI is InChI=1S/C33H39N3O3/c1-23-10-11-24(2)29(18-23)30-21-31(28-13-12-27(38-3)20-32(28)39-4)36(34-30)33(37)22-35-16-14-26(15-17-35)19-25-8-6-5-7-9-25/h5-13,18,20,26,31H,14-17,19,21-22H2,1-4H3/t31-/m0/s1. The van der Waals surface area contributed by atoms with Crippen molar-refractivity contribution in [2.24, 2.45) is 11.0 Å². The third-order valence-electron chi connectivity index (χ3n) is 8.10. The third kappa shape index (κ3) is 6.17. The van der Waals surface area contributed by atoms with Crippen molar-refractivity contribution in [2.45, 2.75) is 45.6 Å². The van der Waals surface area contributed by atoms with E-state index in [1.165, 1.54) is 11.1 Å². The summed E-state index contributed by atoms with van der Waals surface area (Å²) in [5.74, 6) is 2.12. The predicted octanol–water partition coefficient (Wildman–Crippen LogP) is 5.95. The Morgan fingerprint density at radius 2 is 1.72 bits per heavy atom. The van der Waals surface area contributed by atoms with Crippen molar-refractivity contribution < 1.29 is 14.3 Å². The summed E-state index contributed by atoms with van der Waals surface area (Å²) in [6.07, 6.45) is 3.96. The van der Waals surface area contributed by atoms with Gasteiger partial charge in [-0.2, -0.15) is 5.10 Å². The van der Waals surface area contributed by atoms with E-state index in [2.05, 4.69) is 67.3 Å². The van der Waals surface area contributed by atoms with E-state index in [9.17, 15) is 4.79 Å². The molecular formula is C33H39N3O3. The monoisotopic (exact) mass is 525 g/mol. The average molecular weight is 526 g/mol. The number of carbonyl (C=O) groups is 1. The molecule has 0 N–H and O–H groups in total. The number of amides is 1. The Bertz CT molecular complexity index is 1330. The second kappa shape index (κ2) is 12.0. The summed E-state index contributed by atoms with van der Waals surface area (Å²) >= 11 is 0. The molecule has 6 heteroatoms. The number of benzene rings is 3. The summed E-state index contributed by atoms with van der Waals surface area (Å²) in [6.45, 7) is 6.43. The number of ether oxygens (including phenoxy) is 2. The summed E-state index contributed by atoms with van der Waals surface area (Å²) in [5.41, 5.74) is 6.72. The van der Waals surface area contributed by atoms with Gasteiger partial charge in [-0.3, -0.25) is 9.69 Å². The van der Waals surface area contributed by atoms with Gasteiger partial charge in [0.05, 0.1) is 32.5 Å². The fourth-order valence-corrected chi connectivity index (χ4v) is 5.85. The van der Waals surface area contributed by atoms with Crippen molar-refractivity contribution in [3.63, 3.8) is 0 Å². The Hall–Kier alpha value is -3.64. The van der Waals surface area contributed by atoms with E-state index < -0.39 is 0 Å². The predicted molar refractivity (Wildman–Crippen MR) is 156 cm³/mol. The smallest absolute Gasteiger partial charge is 0.257 e. The number of rotatable bonds is 8. The van der Waals surface area contributed by atoms with Crippen LogP contribution in [0.1, 0.15) is 53.1 Å². The van der Waals surface area contributed by atoms with E-state index in [1.807, 2.05) is 18.2 Å². The fourth-order valence-electron chi connectivity index (χ4n) is 5.85. The van der Waals surface area contributed by atoms with E-state index in [4.69, 9.17) is 14.6 Å². The maximum absolute atomic E-state index is 13.8. The van der Waals surface area contributed by atoms with E-state index in [0.717, 1.165) is 60.5 Å². The van der Waals surface area contributed by atoms with Crippen LogP contribution in [-0.2, 0) is 11.2 Å². The molecule has 0 spiro atoms. The molecule has 0 bridgehead atoms. The molecule has 0 aliphatic carbocycles. The first-order chi connectivity index (χ1) is 18.9. The molecule has 1 saturated heterocycles. The molecular weight excluding hydrogens is 486 g/mol. The molecule has 0 radical (unpaired) electrons. The van der Waals surface area contributed by atoms with Crippen LogP contribution in [0.5, 0.6) is 11.5 Å². The van der Waals surface area contributed by atoms with E-state index in [0.29, 0.717) is 24.6 Å². The first-order valence-corrected chi connectivity index (χ1v) is 13.9. The lowest BCUT2D eigenvalue weighted by molar-refractivity contribution is -0.134. The molecule has 204 valence electrons. The van der Waals surface area contributed by atoms with Crippen LogP contribution in [0.2, 0.25) is 0 Å². The lowest BCUT2D eigenvalue weighted by Gasteiger charge is -2.33. The van der Waals surface area contributed by atoms with Gasteiger partial charge in [0.2, 0.25) is 0 Å². The summed E-state index contributed by atoms with van der Waals surface area (Å²) in [4.78, 5) is 16.1. The Labute approximate surface area is 232 Å². The van der Waals surface area contributed by atoms with Gasteiger partial charge >= 0.3 is 0 Å². The van der Waals surface area contributed by atoms with Crippen LogP contribution >= 0.6 is 0 Å². The van der Waals surface area contributed by atoms with Gasteiger partial charge in [0.1, 0.15) is 11.5 Å². The molecule has 2 aliphatic rings. The highest BCUT2D eigenvalue weighted by molar-refractivity contribution is 6.04. The lowest BCUT2D eigenvalue weighted by atomic mass is 9.90. The maximum Gasteiger partial charge on any atom is 0.257 e. The largest absolute Gasteiger partial charge is 0.497 e. The van der Waals surface area contributed by atoms with Crippen molar-refractivity contribution in [3.8, 4) is 11.5 Å². The number of hydrogen-bond donors (Lipinski definition) is 0. The van der Waals surface area contributed by atoms with Gasteiger partial charge in [-0.25, -0.2) is 5.01 Å². The molecule has 1 atom stereocenters. The van der Waals surface area contributed by atoms with E-state index in [1.54, 1.807) is 19.2 Å². The normalized spacial score (nSPS) is 18.2. The number of hydrazone groups is 1. The molecule has 3 aromatic rings. The zero-order valence-corrected chi connectivity index (χ0v) is 23.5. The molecule has 0 saturated carbocycles. The number of nitrogens with zero attached hydrogens (tertiary/aromatic N) is 3. The highest BCUT2D eigenvalue weighted by Crippen LogP contribution is 2.39. The van der Waals surface area contributed by atoms with Crippen molar-refractivity contribution in [1.82, 2.24) is 9.91 Å². The Morgan fingerprint density at radius 3 is 2.44 bits per heavy atom. The molecule has 1 amide bonds. The van der Waals surface area contributed by atoms with Crippen molar-refractivity contribution in [1.29, 1.82) is 0 Å². The van der Waals surface area contributed by atoms with Gasteiger partial charge in [-0.15, -0.1) is 0 Å². The van der Waals surface area contributed by atoms with Gasteiger partial charge in [0.25, 0.3) is 5.91 Å². The molecule has 5 rings (SSSR count). The maximum atomic E-state index is 13.8. The van der Waals surface area contributed by atoms with Crippen LogP contribution in [0.15, 0.2) is 71.8 Å². The van der Waals surface area contributed by atoms with E-state index >= 15 is 0 Å². The zero-order chi connectivity index (χ0) is 27.4. The van der Waals surface area contributed by atoms with Crippen LogP contribution in [-0.4, -0.2) is 55.4 Å². The van der Waals surface area contributed by atoms with E-state index in [-0.39, 0.29) is 11.9 Å². The summed E-state index contributed by atoms with van der Waals surface area (Å²) < 4.78 is 11.2. The molecule has 39 heavy (non-hydrogen) atoms. The Balaban J connectivity index is 1.34. The number of piperidine rings is 1. The minimum Gasteiger partial charge on any atom is -0.497 e. The summed E-state index contributed by atoms with van der Waals surface area (Å²) in [7, 11) is 3.30. The molecule has 1 fully saturated rings. The Morgan fingerprint density at radius 1 is 0.949 bits per heavy atom. The molecule has 0 aromatic heterocycles. The fraction of sp³-hybridized carbons (Fsp3) is 0.394. The number of carbonyl (C=O) groups excluding carboxylic acids is 1. The first-order valence-electron chi connectivity index (χ1n) is 13.9. The zero-order valence-electron chi connectivity index (χ0n) is 23.5. The molecule has 6 nitrogen and oxygen atoms in total. The SMILES string of the molecule is COc1ccc([C@@H]2CC(c3cc(C)ccc3C)=NN2C(=O)CN2CCC(Cc3ccccc3)CC2)c(OC)c1. The van der Waals surface area contributed by atoms with Gasteiger partial charge in [0, 0.05) is 23.6 Å². The molecule has 2 aliphatic heterocycles. The molecule has 0 unspecified atom stereocenters. The number of hydrogen-bond acceptors (Lipinski definition) is 5.